The number of rotatable bonds is 1. The molecule has 0 aliphatic heterocycles. The lowest BCUT2D eigenvalue weighted by molar-refractivity contribution is 0.433. The lowest BCUT2D eigenvalue weighted by Crippen LogP contribution is -2.01. The Kier molecular flexibility index (Phi) is 1.59. The molecule has 0 unspecified atom stereocenters. The van der Waals surface area contributed by atoms with Crippen molar-refractivity contribution in [2.75, 3.05) is 5.73 Å². The molecule has 3 N–H and O–H groups in total. The first kappa shape index (κ1) is 7.53. The number of hydrogen-bond acceptors (Lipinski definition) is 5. The molecule has 2 heterocycles. The Hall–Kier alpha value is -2.11. The number of anilines is 1. The van der Waals surface area contributed by atoms with Gasteiger partial charge in [-0.25, -0.2) is 0 Å². The predicted molar refractivity (Wildman–Crippen MR) is 44.8 cm³/mol. The molecule has 0 saturated heterocycles. The Morgan fingerprint density at radius 3 is 2.85 bits per heavy atom. The third-order valence-corrected chi connectivity index (χ3v) is 1.47. The number of nitrogens with zero attached hydrogens (tertiary/aromatic N) is 2. The van der Waals surface area contributed by atoms with E-state index < -0.39 is 0 Å². The molecular formula is C7H6N4O2. The quantitative estimate of drug-likeness (QED) is 0.640. The van der Waals surface area contributed by atoms with Crippen LogP contribution < -0.4 is 11.3 Å². The van der Waals surface area contributed by atoms with Crippen molar-refractivity contribution in [1.29, 1.82) is 0 Å². The fraction of sp³-hybridized carbons (Fsp3) is 0. The van der Waals surface area contributed by atoms with Crippen molar-refractivity contribution < 1.29 is 4.52 Å². The van der Waals surface area contributed by atoms with Gasteiger partial charge in [0.2, 0.25) is 5.56 Å². The number of hydrogen-bond donors (Lipinski definition) is 2. The summed E-state index contributed by atoms with van der Waals surface area (Å²) in [5.41, 5.74) is 5.70. The van der Waals surface area contributed by atoms with Gasteiger partial charge in [0, 0.05) is 12.3 Å². The molecule has 0 aliphatic carbocycles. The smallest absolute Gasteiger partial charge is 0.261 e. The molecule has 6 heteroatoms. The van der Waals surface area contributed by atoms with E-state index in [4.69, 9.17) is 10.3 Å². The summed E-state index contributed by atoms with van der Waals surface area (Å²) in [4.78, 5) is 17.0. The number of nitrogens with two attached hydrogens (primary N) is 1. The van der Waals surface area contributed by atoms with Gasteiger partial charge in [0.15, 0.2) is 0 Å². The second kappa shape index (κ2) is 2.74. The average Bonchev–Trinajstić information content (AvgIpc) is 2.53. The maximum atomic E-state index is 10.7. The molecule has 0 aliphatic rings. The highest BCUT2D eigenvalue weighted by molar-refractivity contribution is 5.51. The Balaban J connectivity index is 2.47. The summed E-state index contributed by atoms with van der Waals surface area (Å²) in [6, 6.07) is 2.95. The highest BCUT2D eigenvalue weighted by Gasteiger charge is 2.05. The molecule has 0 bridgehead atoms. The molecule has 0 amide bonds. The van der Waals surface area contributed by atoms with Gasteiger partial charge in [-0.3, -0.25) is 4.79 Å². The van der Waals surface area contributed by atoms with Gasteiger partial charge in [-0.05, 0) is 11.2 Å². The van der Waals surface area contributed by atoms with Crippen LogP contribution in [-0.4, -0.2) is 15.1 Å². The Labute approximate surface area is 72.4 Å². The van der Waals surface area contributed by atoms with Crippen LogP contribution in [0.4, 0.5) is 5.95 Å². The number of aromatic nitrogens is 3. The van der Waals surface area contributed by atoms with E-state index in [0.29, 0.717) is 5.56 Å². The fourth-order valence-electron chi connectivity index (χ4n) is 0.896. The van der Waals surface area contributed by atoms with Crippen LogP contribution in [-0.2, 0) is 0 Å². The molecule has 2 rings (SSSR count). The zero-order valence-corrected chi connectivity index (χ0v) is 6.52. The monoisotopic (exact) mass is 178 g/mol. The normalized spacial score (nSPS) is 10.2. The van der Waals surface area contributed by atoms with Gasteiger partial charge in [0.05, 0.1) is 5.56 Å². The zero-order valence-electron chi connectivity index (χ0n) is 6.52. The van der Waals surface area contributed by atoms with Gasteiger partial charge < -0.3 is 15.2 Å². The average molecular weight is 178 g/mol. The van der Waals surface area contributed by atoms with Crippen molar-refractivity contribution in [2.45, 2.75) is 0 Å². The second-order valence-electron chi connectivity index (χ2n) is 2.40. The number of pyridine rings is 1. The van der Waals surface area contributed by atoms with Crippen LogP contribution in [0.15, 0.2) is 27.6 Å². The molecule has 0 radical (unpaired) electrons. The van der Waals surface area contributed by atoms with Gasteiger partial charge in [-0.15, -0.1) is 0 Å². The Morgan fingerprint density at radius 1 is 1.46 bits per heavy atom. The fourth-order valence-corrected chi connectivity index (χ4v) is 0.896. The minimum Gasteiger partial charge on any atom is -0.365 e. The van der Waals surface area contributed by atoms with E-state index in [1.165, 1.54) is 12.3 Å². The third-order valence-electron chi connectivity index (χ3n) is 1.47. The van der Waals surface area contributed by atoms with Crippen molar-refractivity contribution in [3.05, 3.63) is 28.7 Å². The Bertz CT molecular complexity index is 453. The summed E-state index contributed by atoms with van der Waals surface area (Å²) in [7, 11) is 0. The molecule has 0 fully saturated rings. The van der Waals surface area contributed by atoms with Crippen LogP contribution in [0.1, 0.15) is 0 Å². The molecule has 6 nitrogen and oxygen atoms in total. The van der Waals surface area contributed by atoms with Crippen LogP contribution >= 0.6 is 0 Å². The highest BCUT2D eigenvalue weighted by Crippen LogP contribution is 2.14. The van der Waals surface area contributed by atoms with Gasteiger partial charge in [-0.2, -0.15) is 4.98 Å². The second-order valence-corrected chi connectivity index (χ2v) is 2.40. The number of H-pyrrole nitrogens is 1. The van der Waals surface area contributed by atoms with E-state index in [9.17, 15) is 4.79 Å². The summed E-state index contributed by atoms with van der Waals surface area (Å²) in [5.74, 6) is 0.356. The third kappa shape index (κ3) is 1.41. The minimum atomic E-state index is -0.184. The van der Waals surface area contributed by atoms with Crippen molar-refractivity contribution in [3.8, 4) is 11.5 Å². The highest BCUT2D eigenvalue weighted by atomic mass is 16.5. The molecule has 2 aromatic heterocycles. The summed E-state index contributed by atoms with van der Waals surface area (Å²) in [5, 5.41) is 3.42. The first-order valence-electron chi connectivity index (χ1n) is 3.54. The predicted octanol–water partition coefficient (Wildman–Crippen LogP) is 0.00710. The summed E-state index contributed by atoms with van der Waals surface area (Å²) in [6.07, 6.45) is 1.48. The number of aromatic amines is 1. The minimum absolute atomic E-state index is 0.0706. The molecule has 2 aromatic rings. The molecule has 13 heavy (non-hydrogen) atoms. The van der Waals surface area contributed by atoms with E-state index in [1.807, 2.05) is 0 Å². The number of nitrogen functional groups attached to an aromatic ring is 1. The first-order chi connectivity index (χ1) is 6.25. The molecule has 0 aromatic carbocycles. The zero-order chi connectivity index (χ0) is 9.26. The number of nitrogens with one attached hydrogen (secondary N) is 1. The van der Waals surface area contributed by atoms with Crippen molar-refractivity contribution in [1.82, 2.24) is 15.1 Å². The van der Waals surface area contributed by atoms with Gasteiger partial charge in [0.1, 0.15) is 0 Å². The van der Waals surface area contributed by atoms with Crippen LogP contribution in [0.3, 0.4) is 0 Å². The van der Waals surface area contributed by atoms with Crippen molar-refractivity contribution >= 4 is 5.95 Å². The van der Waals surface area contributed by atoms with Crippen molar-refractivity contribution in [2.24, 2.45) is 0 Å². The lowest BCUT2D eigenvalue weighted by atomic mass is 10.3. The topological polar surface area (TPSA) is 97.8 Å². The maximum Gasteiger partial charge on any atom is 0.261 e. The molecule has 0 atom stereocenters. The van der Waals surface area contributed by atoms with Gasteiger partial charge in [-0.1, -0.05) is 0 Å². The first-order valence-corrected chi connectivity index (χ1v) is 3.54. The summed E-state index contributed by atoms with van der Waals surface area (Å²) in [6.45, 7) is 0. The van der Waals surface area contributed by atoms with Gasteiger partial charge >= 0.3 is 0 Å². The standard InChI is InChI=1S/C7H6N4O2/c8-7-10-6(13-11-7)4-1-2-5(12)9-3-4/h1-3H,(H2,8,11)(H,9,12). The summed E-state index contributed by atoms with van der Waals surface area (Å²) >= 11 is 0. The van der Waals surface area contributed by atoms with Crippen LogP contribution in [0.2, 0.25) is 0 Å². The van der Waals surface area contributed by atoms with E-state index in [1.54, 1.807) is 6.07 Å². The lowest BCUT2D eigenvalue weighted by Gasteiger charge is -1.89. The molecule has 66 valence electrons. The summed E-state index contributed by atoms with van der Waals surface area (Å²) < 4.78 is 4.78. The van der Waals surface area contributed by atoms with E-state index >= 15 is 0 Å². The largest absolute Gasteiger partial charge is 0.365 e. The van der Waals surface area contributed by atoms with Crippen LogP contribution in [0.5, 0.6) is 0 Å². The van der Waals surface area contributed by atoms with E-state index in [0.717, 1.165) is 0 Å². The molecular weight excluding hydrogens is 172 g/mol. The molecule has 0 spiro atoms. The Morgan fingerprint density at radius 2 is 2.31 bits per heavy atom. The van der Waals surface area contributed by atoms with Crippen LogP contribution in [0, 0.1) is 0 Å². The van der Waals surface area contributed by atoms with Crippen molar-refractivity contribution in [3.63, 3.8) is 0 Å². The van der Waals surface area contributed by atoms with E-state index in [2.05, 4.69) is 15.1 Å². The van der Waals surface area contributed by atoms with Gasteiger partial charge in [0.25, 0.3) is 11.8 Å². The maximum absolute atomic E-state index is 10.7. The van der Waals surface area contributed by atoms with E-state index in [-0.39, 0.29) is 17.4 Å². The SMILES string of the molecule is Nc1noc(-c2ccc(=O)[nH]c2)n1. The molecule has 0 saturated carbocycles. The van der Waals surface area contributed by atoms with Crippen LogP contribution in [0.25, 0.3) is 11.5 Å².